The van der Waals surface area contributed by atoms with Gasteiger partial charge in [0.2, 0.25) is 5.91 Å². The molecule has 2 nitrogen and oxygen atoms in total. The van der Waals surface area contributed by atoms with Gasteiger partial charge in [0.1, 0.15) is 0 Å². The Hall–Kier alpha value is -1.02. The van der Waals surface area contributed by atoms with E-state index in [1.165, 1.54) is 44.9 Å². The van der Waals surface area contributed by atoms with Crippen molar-refractivity contribution >= 4 is 17.5 Å². The number of halogens is 1. The Bertz CT molecular complexity index is 389. The summed E-state index contributed by atoms with van der Waals surface area (Å²) in [4.78, 5) is 11.8. The predicted molar refractivity (Wildman–Crippen MR) is 90.8 cm³/mol. The zero-order valence-corrected chi connectivity index (χ0v) is 13.9. The lowest BCUT2D eigenvalue weighted by Gasteiger charge is -2.06. The molecule has 3 heteroatoms. The summed E-state index contributed by atoms with van der Waals surface area (Å²) in [5, 5.41) is 3.69. The molecule has 0 aliphatic heterocycles. The number of carbonyl (C=O) groups excluding carboxylic acids is 1. The summed E-state index contributed by atoms with van der Waals surface area (Å²) in [7, 11) is 0. The van der Waals surface area contributed by atoms with Crippen molar-refractivity contribution < 1.29 is 4.79 Å². The first kappa shape index (κ1) is 18.0. The Morgan fingerprint density at radius 2 is 1.52 bits per heavy atom. The molecule has 0 saturated heterocycles. The van der Waals surface area contributed by atoms with E-state index in [1.807, 2.05) is 24.3 Å². The number of unbranched alkanes of at least 4 members (excludes halogenated alkanes) is 7. The second-order valence-corrected chi connectivity index (χ2v) is 6.06. The summed E-state index contributed by atoms with van der Waals surface area (Å²) in [6, 6.07) is 7.45. The van der Waals surface area contributed by atoms with Crippen molar-refractivity contribution in [2.75, 3.05) is 6.54 Å². The number of nitrogens with one attached hydrogen (secondary N) is 1. The van der Waals surface area contributed by atoms with Gasteiger partial charge in [0.05, 0.1) is 6.42 Å². The molecular formula is C18H28ClNO. The molecule has 0 fully saturated rings. The average molecular weight is 310 g/mol. The van der Waals surface area contributed by atoms with Crippen molar-refractivity contribution in [3.63, 3.8) is 0 Å². The summed E-state index contributed by atoms with van der Waals surface area (Å²) in [6.07, 6.45) is 10.8. The van der Waals surface area contributed by atoms with Crippen LogP contribution in [0.2, 0.25) is 5.02 Å². The Morgan fingerprint density at radius 3 is 2.14 bits per heavy atom. The highest BCUT2D eigenvalue weighted by atomic mass is 35.5. The van der Waals surface area contributed by atoms with Crippen molar-refractivity contribution in [2.24, 2.45) is 0 Å². The van der Waals surface area contributed by atoms with E-state index >= 15 is 0 Å². The first-order valence-electron chi connectivity index (χ1n) is 8.23. The van der Waals surface area contributed by atoms with Gasteiger partial charge in [-0.1, -0.05) is 75.6 Å². The molecule has 0 aromatic heterocycles. The highest BCUT2D eigenvalue weighted by molar-refractivity contribution is 6.30. The van der Waals surface area contributed by atoms with Crippen molar-refractivity contribution in [1.82, 2.24) is 5.32 Å². The van der Waals surface area contributed by atoms with Gasteiger partial charge in [-0.25, -0.2) is 0 Å². The van der Waals surface area contributed by atoms with Gasteiger partial charge in [-0.3, -0.25) is 4.79 Å². The lowest BCUT2D eigenvalue weighted by atomic mass is 10.1. The monoisotopic (exact) mass is 309 g/mol. The van der Waals surface area contributed by atoms with Crippen LogP contribution < -0.4 is 5.32 Å². The molecule has 0 saturated carbocycles. The minimum Gasteiger partial charge on any atom is -0.356 e. The van der Waals surface area contributed by atoms with E-state index in [4.69, 9.17) is 11.6 Å². The first-order valence-corrected chi connectivity index (χ1v) is 8.61. The number of hydrogen-bond acceptors (Lipinski definition) is 1. The van der Waals surface area contributed by atoms with Crippen LogP contribution >= 0.6 is 11.6 Å². The Morgan fingerprint density at radius 1 is 0.952 bits per heavy atom. The van der Waals surface area contributed by atoms with E-state index in [9.17, 15) is 4.79 Å². The highest BCUT2D eigenvalue weighted by Gasteiger charge is 2.02. The topological polar surface area (TPSA) is 29.1 Å². The third-order valence-corrected chi connectivity index (χ3v) is 3.88. The quantitative estimate of drug-likeness (QED) is 0.563. The molecule has 1 aromatic rings. The number of hydrogen-bond donors (Lipinski definition) is 1. The van der Waals surface area contributed by atoms with Gasteiger partial charge < -0.3 is 5.32 Å². The van der Waals surface area contributed by atoms with Gasteiger partial charge in [-0.05, 0) is 24.1 Å². The minimum atomic E-state index is 0.0975. The summed E-state index contributed by atoms with van der Waals surface area (Å²) < 4.78 is 0. The van der Waals surface area contributed by atoms with Crippen molar-refractivity contribution in [3.05, 3.63) is 34.9 Å². The molecule has 0 unspecified atom stereocenters. The zero-order valence-electron chi connectivity index (χ0n) is 13.2. The maximum absolute atomic E-state index is 11.8. The summed E-state index contributed by atoms with van der Waals surface area (Å²) >= 11 is 5.82. The maximum atomic E-state index is 11.8. The Kier molecular flexibility index (Phi) is 9.98. The smallest absolute Gasteiger partial charge is 0.224 e. The molecule has 0 aliphatic rings. The van der Waals surface area contributed by atoms with Gasteiger partial charge in [-0.2, -0.15) is 0 Å². The standard InChI is InChI=1S/C18H28ClNO/c1-2-3-4-5-6-7-8-9-14-20-18(21)15-16-10-12-17(19)13-11-16/h10-13H,2-9,14-15H2,1H3,(H,20,21). The van der Waals surface area contributed by atoms with Crippen LogP contribution in [0.1, 0.15) is 63.9 Å². The molecule has 1 aromatic carbocycles. The minimum absolute atomic E-state index is 0.0975. The van der Waals surface area contributed by atoms with Crippen LogP contribution in [0.4, 0.5) is 0 Å². The number of carbonyl (C=O) groups is 1. The number of rotatable bonds is 11. The van der Waals surface area contributed by atoms with Gasteiger partial charge in [-0.15, -0.1) is 0 Å². The fourth-order valence-corrected chi connectivity index (χ4v) is 2.46. The molecule has 1 N–H and O–H groups in total. The highest BCUT2D eigenvalue weighted by Crippen LogP contribution is 2.10. The van der Waals surface area contributed by atoms with Gasteiger partial charge in [0, 0.05) is 11.6 Å². The number of benzene rings is 1. The average Bonchev–Trinajstić information content (AvgIpc) is 2.48. The van der Waals surface area contributed by atoms with Crippen LogP contribution in [0.3, 0.4) is 0 Å². The van der Waals surface area contributed by atoms with Crippen molar-refractivity contribution in [2.45, 2.75) is 64.7 Å². The number of amides is 1. The van der Waals surface area contributed by atoms with Crippen LogP contribution in [0.25, 0.3) is 0 Å². The molecule has 0 bridgehead atoms. The fraction of sp³-hybridized carbons (Fsp3) is 0.611. The Labute approximate surface area is 134 Å². The van der Waals surface area contributed by atoms with E-state index < -0.39 is 0 Å². The van der Waals surface area contributed by atoms with Crippen LogP contribution in [0, 0.1) is 0 Å². The third kappa shape index (κ3) is 9.52. The van der Waals surface area contributed by atoms with Crippen molar-refractivity contribution in [1.29, 1.82) is 0 Å². The van der Waals surface area contributed by atoms with E-state index in [0.717, 1.165) is 18.5 Å². The maximum Gasteiger partial charge on any atom is 0.224 e. The normalized spacial score (nSPS) is 10.6. The largest absolute Gasteiger partial charge is 0.356 e. The summed E-state index contributed by atoms with van der Waals surface area (Å²) in [5.74, 6) is 0.0975. The SMILES string of the molecule is CCCCCCCCCCNC(=O)Cc1ccc(Cl)cc1. The van der Waals surface area contributed by atoms with E-state index in [1.54, 1.807) is 0 Å². The molecule has 21 heavy (non-hydrogen) atoms. The fourth-order valence-electron chi connectivity index (χ4n) is 2.34. The summed E-state index contributed by atoms with van der Waals surface area (Å²) in [6.45, 7) is 3.04. The third-order valence-electron chi connectivity index (χ3n) is 3.63. The first-order chi connectivity index (χ1) is 10.2. The molecule has 0 aliphatic carbocycles. The van der Waals surface area contributed by atoms with Crippen LogP contribution in [0.15, 0.2) is 24.3 Å². The van der Waals surface area contributed by atoms with Crippen LogP contribution in [-0.4, -0.2) is 12.5 Å². The molecular weight excluding hydrogens is 282 g/mol. The van der Waals surface area contributed by atoms with Gasteiger partial charge in [0.25, 0.3) is 0 Å². The van der Waals surface area contributed by atoms with Crippen LogP contribution in [-0.2, 0) is 11.2 Å². The second kappa shape index (κ2) is 11.6. The lowest BCUT2D eigenvalue weighted by Crippen LogP contribution is -2.26. The molecule has 118 valence electrons. The van der Waals surface area contributed by atoms with Gasteiger partial charge >= 0.3 is 0 Å². The molecule has 1 amide bonds. The zero-order chi connectivity index (χ0) is 15.3. The van der Waals surface area contributed by atoms with E-state index in [2.05, 4.69) is 12.2 Å². The molecule has 0 spiro atoms. The Balaban J connectivity index is 1.97. The van der Waals surface area contributed by atoms with E-state index in [0.29, 0.717) is 11.4 Å². The second-order valence-electron chi connectivity index (χ2n) is 5.63. The summed E-state index contributed by atoms with van der Waals surface area (Å²) in [5.41, 5.74) is 1.01. The van der Waals surface area contributed by atoms with Gasteiger partial charge in [0.15, 0.2) is 0 Å². The van der Waals surface area contributed by atoms with Crippen molar-refractivity contribution in [3.8, 4) is 0 Å². The lowest BCUT2D eigenvalue weighted by molar-refractivity contribution is -0.120. The molecule has 0 atom stereocenters. The molecule has 1 rings (SSSR count). The molecule has 0 heterocycles. The van der Waals surface area contributed by atoms with E-state index in [-0.39, 0.29) is 5.91 Å². The molecule has 0 radical (unpaired) electrons. The predicted octanol–water partition coefficient (Wildman–Crippen LogP) is 5.14. The van der Waals surface area contributed by atoms with Crippen LogP contribution in [0.5, 0.6) is 0 Å².